The topological polar surface area (TPSA) is 6.48 Å². The van der Waals surface area contributed by atoms with Gasteiger partial charge in [0.15, 0.2) is 0 Å². The van der Waals surface area contributed by atoms with E-state index in [0.29, 0.717) is 0 Å². The molecule has 0 aromatic rings. The fraction of sp³-hybridized carbons (Fsp3) is 1.00. The molecule has 3 heteroatoms. The number of halogens is 1. The zero-order chi connectivity index (χ0) is 10.7. The Bertz CT molecular complexity index is 174. The van der Waals surface area contributed by atoms with Gasteiger partial charge in [0.05, 0.1) is 0 Å². The van der Waals surface area contributed by atoms with E-state index >= 15 is 0 Å². The molecule has 0 bridgehead atoms. The Balaban J connectivity index is 1.96. The van der Waals surface area contributed by atoms with Gasteiger partial charge in [-0.2, -0.15) is 0 Å². The Morgan fingerprint density at radius 1 is 0.733 bits per heavy atom. The maximum absolute atomic E-state index is 14.7. The zero-order valence-electron chi connectivity index (χ0n) is 9.84. The van der Waals surface area contributed by atoms with Crippen LogP contribution in [0.2, 0.25) is 0 Å². The number of hydrogen-bond acceptors (Lipinski definition) is 2. The smallest absolute Gasteiger partial charge is 0.217 e. The summed E-state index contributed by atoms with van der Waals surface area (Å²) in [6.45, 7) is 5.49. The van der Waals surface area contributed by atoms with E-state index in [2.05, 4.69) is 0 Å². The average molecular weight is 214 g/mol. The minimum absolute atomic E-state index is 0.934. The van der Waals surface area contributed by atoms with Crippen molar-refractivity contribution in [2.45, 2.75) is 51.4 Å². The fourth-order valence-corrected chi connectivity index (χ4v) is 2.80. The molecule has 0 atom stereocenters. The van der Waals surface area contributed by atoms with E-state index in [4.69, 9.17) is 0 Å². The van der Waals surface area contributed by atoms with Crippen LogP contribution in [0.3, 0.4) is 0 Å². The molecule has 15 heavy (non-hydrogen) atoms. The predicted octanol–water partition coefficient (Wildman–Crippen LogP) is 2.60. The summed E-state index contributed by atoms with van der Waals surface area (Å²) in [6, 6.07) is 0. The largest absolute Gasteiger partial charge is 0.259 e. The second kappa shape index (κ2) is 4.79. The SMILES string of the molecule is CC(F)(N1CCCCC1)N1CCCCC1. The van der Waals surface area contributed by atoms with Crippen LogP contribution in [0.25, 0.3) is 0 Å². The number of alkyl halides is 1. The van der Waals surface area contributed by atoms with Gasteiger partial charge in [0, 0.05) is 26.2 Å². The number of likely N-dealkylation sites (tertiary alicyclic amines) is 2. The standard InChI is InChI=1S/C12H23FN2/c1-12(13,14-8-4-2-5-9-14)15-10-6-3-7-11-15/h2-11H2,1H3. The molecule has 2 heterocycles. The molecule has 2 aliphatic rings. The van der Waals surface area contributed by atoms with E-state index in [1.165, 1.54) is 12.8 Å². The molecule has 0 amide bonds. The molecule has 0 aromatic heterocycles. The molecule has 88 valence electrons. The average Bonchev–Trinajstić information content (AvgIpc) is 2.31. The lowest BCUT2D eigenvalue weighted by molar-refractivity contribution is -0.157. The first-order valence-electron chi connectivity index (χ1n) is 6.40. The lowest BCUT2D eigenvalue weighted by Gasteiger charge is -2.45. The highest BCUT2D eigenvalue weighted by atomic mass is 19.2. The molecule has 0 radical (unpaired) electrons. The molecule has 0 spiro atoms. The first-order valence-corrected chi connectivity index (χ1v) is 6.40. The van der Waals surface area contributed by atoms with Gasteiger partial charge >= 0.3 is 0 Å². The van der Waals surface area contributed by atoms with E-state index in [1.807, 2.05) is 9.80 Å². The van der Waals surface area contributed by atoms with Gasteiger partial charge in [0.25, 0.3) is 0 Å². The second-order valence-corrected chi connectivity index (χ2v) is 5.00. The predicted molar refractivity (Wildman–Crippen MR) is 60.4 cm³/mol. The van der Waals surface area contributed by atoms with Gasteiger partial charge in [0.1, 0.15) is 0 Å². The fourth-order valence-electron chi connectivity index (χ4n) is 2.80. The van der Waals surface area contributed by atoms with E-state index in [0.717, 1.165) is 51.9 Å². The molecular formula is C12H23FN2. The quantitative estimate of drug-likeness (QED) is 0.652. The molecule has 2 saturated heterocycles. The van der Waals surface area contributed by atoms with Gasteiger partial charge in [-0.1, -0.05) is 12.8 Å². The van der Waals surface area contributed by atoms with Crippen molar-refractivity contribution in [1.82, 2.24) is 9.80 Å². The molecule has 2 aliphatic heterocycles. The van der Waals surface area contributed by atoms with Gasteiger partial charge in [0.2, 0.25) is 5.92 Å². The summed E-state index contributed by atoms with van der Waals surface area (Å²) in [4.78, 5) is 4.06. The third-order valence-corrected chi connectivity index (χ3v) is 3.87. The summed E-state index contributed by atoms with van der Waals surface area (Å²) in [7, 11) is 0. The molecule has 0 aliphatic carbocycles. The Labute approximate surface area is 92.4 Å². The number of hydrogen-bond donors (Lipinski definition) is 0. The van der Waals surface area contributed by atoms with Crippen molar-refractivity contribution in [2.24, 2.45) is 0 Å². The van der Waals surface area contributed by atoms with Crippen LogP contribution in [-0.2, 0) is 0 Å². The Kier molecular flexibility index (Phi) is 3.62. The second-order valence-electron chi connectivity index (χ2n) is 5.00. The van der Waals surface area contributed by atoms with E-state index in [9.17, 15) is 4.39 Å². The number of piperidine rings is 2. The summed E-state index contributed by atoms with van der Waals surface area (Å²) >= 11 is 0. The normalized spacial score (nSPS) is 26.8. The number of nitrogens with zero attached hydrogens (tertiary/aromatic N) is 2. The molecule has 0 N–H and O–H groups in total. The highest BCUT2D eigenvalue weighted by Crippen LogP contribution is 2.28. The first-order chi connectivity index (χ1) is 7.21. The Morgan fingerprint density at radius 2 is 1.07 bits per heavy atom. The van der Waals surface area contributed by atoms with Gasteiger partial charge in [-0.3, -0.25) is 9.80 Å². The minimum Gasteiger partial charge on any atom is -0.259 e. The molecule has 2 rings (SSSR count). The van der Waals surface area contributed by atoms with Gasteiger partial charge < -0.3 is 0 Å². The van der Waals surface area contributed by atoms with E-state index in [-0.39, 0.29) is 0 Å². The van der Waals surface area contributed by atoms with Crippen molar-refractivity contribution in [3.05, 3.63) is 0 Å². The summed E-state index contributed by atoms with van der Waals surface area (Å²) < 4.78 is 14.7. The van der Waals surface area contributed by atoms with E-state index < -0.39 is 5.92 Å². The van der Waals surface area contributed by atoms with Crippen LogP contribution in [0.15, 0.2) is 0 Å². The molecule has 2 fully saturated rings. The Morgan fingerprint density at radius 3 is 1.40 bits per heavy atom. The van der Waals surface area contributed by atoms with Crippen molar-refractivity contribution >= 4 is 0 Å². The molecule has 0 unspecified atom stereocenters. The van der Waals surface area contributed by atoms with Crippen molar-refractivity contribution in [1.29, 1.82) is 0 Å². The molecule has 0 aromatic carbocycles. The van der Waals surface area contributed by atoms with Gasteiger partial charge in [-0.05, 0) is 32.6 Å². The maximum atomic E-state index is 14.7. The van der Waals surface area contributed by atoms with Gasteiger partial charge in [-0.15, -0.1) is 0 Å². The molecule has 2 nitrogen and oxygen atoms in total. The van der Waals surface area contributed by atoms with E-state index in [1.54, 1.807) is 6.92 Å². The third kappa shape index (κ3) is 2.51. The molecular weight excluding hydrogens is 191 g/mol. The lowest BCUT2D eigenvalue weighted by Crippen LogP contribution is -2.58. The van der Waals surface area contributed by atoms with Crippen molar-refractivity contribution in [3.8, 4) is 0 Å². The zero-order valence-corrected chi connectivity index (χ0v) is 9.84. The van der Waals surface area contributed by atoms with Crippen LogP contribution in [0, 0.1) is 0 Å². The highest BCUT2D eigenvalue weighted by molar-refractivity contribution is 4.81. The van der Waals surface area contributed by atoms with Crippen LogP contribution >= 0.6 is 0 Å². The number of rotatable bonds is 2. The van der Waals surface area contributed by atoms with Crippen LogP contribution in [0.5, 0.6) is 0 Å². The Hall–Kier alpha value is -0.150. The lowest BCUT2D eigenvalue weighted by atomic mass is 10.1. The molecule has 0 saturated carbocycles. The van der Waals surface area contributed by atoms with Crippen LogP contribution in [-0.4, -0.2) is 41.9 Å². The van der Waals surface area contributed by atoms with Crippen LogP contribution < -0.4 is 0 Å². The van der Waals surface area contributed by atoms with Crippen molar-refractivity contribution in [3.63, 3.8) is 0 Å². The summed E-state index contributed by atoms with van der Waals surface area (Å²) in [5, 5.41) is 0. The maximum Gasteiger partial charge on any atom is 0.217 e. The first kappa shape index (κ1) is 11.3. The van der Waals surface area contributed by atoms with Crippen LogP contribution in [0.4, 0.5) is 4.39 Å². The summed E-state index contributed by atoms with van der Waals surface area (Å²) in [6.07, 6.45) is 7.18. The summed E-state index contributed by atoms with van der Waals surface area (Å²) in [5.74, 6) is -1.19. The highest BCUT2D eigenvalue weighted by Gasteiger charge is 2.38. The monoisotopic (exact) mass is 214 g/mol. The van der Waals surface area contributed by atoms with Crippen molar-refractivity contribution < 1.29 is 4.39 Å². The minimum atomic E-state index is -1.19. The van der Waals surface area contributed by atoms with Gasteiger partial charge in [-0.25, -0.2) is 4.39 Å². The summed E-state index contributed by atoms with van der Waals surface area (Å²) in [5.41, 5.74) is 0. The van der Waals surface area contributed by atoms with Crippen molar-refractivity contribution in [2.75, 3.05) is 26.2 Å². The van der Waals surface area contributed by atoms with Crippen LogP contribution in [0.1, 0.15) is 45.4 Å². The third-order valence-electron chi connectivity index (χ3n) is 3.87.